The number of alkyl halides is 6. The zero-order chi connectivity index (χ0) is 28.3. The number of nitrogens with zero attached hydrogens (tertiary/aromatic N) is 2. The highest BCUT2D eigenvalue weighted by Gasteiger charge is 2.68. The highest BCUT2D eigenvalue weighted by molar-refractivity contribution is 5.31. The van der Waals surface area contributed by atoms with Gasteiger partial charge >= 0.3 is 12.4 Å². The first-order chi connectivity index (χ1) is 18.4. The van der Waals surface area contributed by atoms with E-state index in [1.165, 1.54) is 9.80 Å². The van der Waals surface area contributed by atoms with Crippen LogP contribution in [0, 0.1) is 11.6 Å². The average molecular weight is 565 g/mol. The van der Waals surface area contributed by atoms with Crippen LogP contribution >= 0.6 is 0 Å². The minimum Gasteiger partial charge on any atom is -0.337 e. The van der Waals surface area contributed by atoms with E-state index in [-0.39, 0.29) is 26.2 Å². The quantitative estimate of drug-likeness (QED) is 0.316. The summed E-state index contributed by atoms with van der Waals surface area (Å²) in [7, 11) is 0. The fourth-order valence-electron chi connectivity index (χ4n) is 5.63. The fraction of sp³-hybridized carbons (Fsp3) is 0.571. The van der Waals surface area contributed by atoms with Crippen LogP contribution in [0.15, 0.2) is 48.5 Å². The Morgan fingerprint density at radius 3 is 1.23 bits per heavy atom. The molecule has 2 heterocycles. The zero-order valence-electron chi connectivity index (χ0n) is 21.4. The van der Waals surface area contributed by atoms with Crippen LogP contribution < -0.4 is 0 Å². The van der Waals surface area contributed by atoms with Gasteiger partial charge < -0.3 is 4.74 Å². The van der Waals surface area contributed by atoms with E-state index in [1.54, 1.807) is 0 Å². The van der Waals surface area contributed by atoms with Crippen LogP contribution in [0.2, 0.25) is 0 Å². The van der Waals surface area contributed by atoms with Crippen molar-refractivity contribution in [2.45, 2.75) is 62.1 Å². The van der Waals surface area contributed by atoms with Gasteiger partial charge in [-0.3, -0.25) is 9.80 Å². The molecule has 4 rings (SSSR count). The lowest BCUT2D eigenvalue weighted by atomic mass is 9.85. The summed E-state index contributed by atoms with van der Waals surface area (Å²) in [6.07, 6.45) is -6.94. The predicted molar refractivity (Wildman–Crippen MR) is 130 cm³/mol. The van der Waals surface area contributed by atoms with Gasteiger partial charge in [-0.2, -0.15) is 26.3 Å². The van der Waals surface area contributed by atoms with Gasteiger partial charge in [-0.25, -0.2) is 8.78 Å². The molecular formula is C28H32F8N2O. The Morgan fingerprint density at radius 1 is 0.564 bits per heavy atom. The number of piperidine rings is 2. The van der Waals surface area contributed by atoms with Gasteiger partial charge in [0.05, 0.1) is 0 Å². The van der Waals surface area contributed by atoms with E-state index in [4.69, 9.17) is 4.74 Å². The molecule has 2 saturated heterocycles. The van der Waals surface area contributed by atoms with E-state index in [0.29, 0.717) is 37.8 Å². The van der Waals surface area contributed by atoms with Crippen molar-refractivity contribution in [2.75, 3.05) is 39.3 Å². The maximum Gasteiger partial charge on any atom is 0.423 e. The van der Waals surface area contributed by atoms with Crippen molar-refractivity contribution in [1.82, 2.24) is 9.80 Å². The van der Waals surface area contributed by atoms with Crippen molar-refractivity contribution in [2.24, 2.45) is 0 Å². The molecule has 2 fully saturated rings. The van der Waals surface area contributed by atoms with Gasteiger partial charge in [0.1, 0.15) is 11.6 Å². The summed E-state index contributed by atoms with van der Waals surface area (Å²) in [6, 6.07) is 6.91. The van der Waals surface area contributed by atoms with Crippen LogP contribution in [-0.2, 0) is 15.9 Å². The molecule has 11 heteroatoms. The summed E-state index contributed by atoms with van der Waals surface area (Å²) >= 11 is 0. The third-order valence-corrected chi connectivity index (χ3v) is 7.64. The topological polar surface area (TPSA) is 15.7 Å². The Kier molecular flexibility index (Phi) is 8.92. The molecule has 39 heavy (non-hydrogen) atoms. The molecule has 0 aromatic heterocycles. The summed E-state index contributed by atoms with van der Waals surface area (Å²) in [5.74, 6) is -2.08. The van der Waals surface area contributed by atoms with Crippen LogP contribution in [0.25, 0.3) is 0 Å². The molecule has 0 saturated carbocycles. The highest BCUT2D eigenvalue weighted by Crippen LogP contribution is 2.53. The van der Waals surface area contributed by atoms with Crippen molar-refractivity contribution in [3.8, 4) is 0 Å². The number of rotatable bonds is 8. The number of hydrogen-bond acceptors (Lipinski definition) is 3. The molecule has 3 nitrogen and oxygen atoms in total. The maximum absolute atomic E-state index is 15.3. The van der Waals surface area contributed by atoms with Crippen molar-refractivity contribution >= 4 is 0 Å². The number of hydrogen-bond donors (Lipinski definition) is 0. The van der Waals surface area contributed by atoms with E-state index >= 15 is 26.3 Å². The van der Waals surface area contributed by atoms with Gasteiger partial charge in [-0.1, -0.05) is 37.1 Å². The highest BCUT2D eigenvalue weighted by atomic mass is 19.4. The first kappa shape index (κ1) is 29.7. The number of benzene rings is 2. The minimum absolute atomic E-state index is 0.224. The third kappa shape index (κ3) is 6.41. The molecule has 2 aromatic carbocycles. The van der Waals surface area contributed by atoms with Crippen LogP contribution in [0.3, 0.4) is 0 Å². The number of halogens is 8. The third-order valence-electron chi connectivity index (χ3n) is 7.64. The largest absolute Gasteiger partial charge is 0.423 e. The Balaban J connectivity index is 1.96. The Bertz CT molecular complexity index is 1010. The van der Waals surface area contributed by atoms with Crippen molar-refractivity contribution in [1.29, 1.82) is 0 Å². The van der Waals surface area contributed by atoms with E-state index < -0.39 is 59.4 Å². The molecular weight excluding hydrogens is 532 g/mol. The predicted octanol–water partition coefficient (Wildman–Crippen LogP) is 7.17. The molecule has 216 valence electrons. The number of likely N-dealkylation sites (tertiary alicyclic amines) is 2. The second-order valence-electron chi connectivity index (χ2n) is 10.4. The molecule has 0 spiro atoms. The van der Waals surface area contributed by atoms with Crippen molar-refractivity contribution in [3.63, 3.8) is 0 Å². The van der Waals surface area contributed by atoms with E-state index in [1.807, 2.05) is 0 Å². The van der Waals surface area contributed by atoms with Crippen LogP contribution in [0.1, 0.15) is 49.7 Å². The van der Waals surface area contributed by atoms with E-state index in [9.17, 15) is 8.78 Å². The summed E-state index contributed by atoms with van der Waals surface area (Å²) in [6.45, 7) is -1.04. The SMILES string of the molecule is Fc1cccc(C(CN2CCCCC2)(OC(CN2CCCCC2)(c2cccc(F)c2)C(F)(F)F)C(F)(F)F)c1. The first-order valence-electron chi connectivity index (χ1n) is 13.2. The molecule has 0 amide bonds. The van der Waals surface area contributed by atoms with Crippen LogP contribution in [0.4, 0.5) is 35.1 Å². The lowest BCUT2D eigenvalue weighted by Crippen LogP contribution is -2.63. The molecule has 0 N–H and O–H groups in total. The molecule has 0 aliphatic carbocycles. The van der Waals surface area contributed by atoms with Gasteiger partial charge in [-0.15, -0.1) is 0 Å². The molecule has 2 aromatic rings. The van der Waals surface area contributed by atoms with Crippen LogP contribution in [-0.4, -0.2) is 61.4 Å². The van der Waals surface area contributed by atoms with Gasteiger partial charge in [0.15, 0.2) is 0 Å². The van der Waals surface area contributed by atoms with Crippen LogP contribution in [0.5, 0.6) is 0 Å². The lowest BCUT2D eigenvalue weighted by molar-refractivity contribution is -0.382. The van der Waals surface area contributed by atoms with Gasteiger partial charge in [0.2, 0.25) is 11.2 Å². The van der Waals surface area contributed by atoms with Gasteiger partial charge in [0, 0.05) is 13.1 Å². The van der Waals surface area contributed by atoms with Gasteiger partial charge in [0.25, 0.3) is 0 Å². The fourth-order valence-corrected chi connectivity index (χ4v) is 5.63. The molecule has 2 unspecified atom stereocenters. The number of ether oxygens (including phenoxy) is 1. The summed E-state index contributed by atoms with van der Waals surface area (Å²) in [5, 5.41) is 0. The monoisotopic (exact) mass is 564 g/mol. The second-order valence-corrected chi connectivity index (χ2v) is 10.4. The molecule has 2 aliphatic rings. The zero-order valence-corrected chi connectivity index (χ0v) is 21.4. The first-order valence-corrected chi connectivity index (χ1v) is 13.2. The van der Waals surface area contributed by atoms with E-state index in [0.717, 1.165) is 49.2 Å². The Morgan fingerprint density at radius 2 is 0.923 bits per heavy atom. The molecule has 2 atom stereocenters. The minimum atomic E-state index is -5.38. The molecule has 0 bridgehead atoms. The molecule has 2 aliphatic heterocycles. The molecule has 0 radical (unpaired) electrons. The lowest BCUT2D eigenvalue weighted by Gasteiger charge is -2.49. The normalized spacial score (nSPS) is 21.3. The van der Waals surface area contributed by atoms with E-state index in [2.05, 4.69) is 0 Å². The van der Waals surface area contributed by atoms with Crippen molar-refractivity contribution in [3.05, 3.63) is 71.3 Å². The van der Waals surface area contributed by atoms with Crippen molar-refractivity contribution < 1.29 is 39.9 Å². The smallest absolute Gasteiger partial charge is 0.337 e. The summed E-state index contributed by atoms with van der Waals surface area (Å²) < 4.78 is 126. The Labute approximate surface area is 222 Å². The second kappa shape index (κ2) is 11.7. The average Bonchev–Trinajstić information content (AvgIpc) is 2.87. The van der Waals surface area contributed by atoms with Gasteiger partial charge in [-0.05, 0) is 87.3 Å². The standard InChI is InChI=1S/C28H32F8N2O/c29-23-11-7-9-21(17-23)25(27(31,32)33,19-37-13-3-1-4-14-37)39-26(28(34,35)36,20-38-15-5-2-6-16-38)22-10-8-12-24(30)18-22/h7-12,17-18H,1-6,13-16,19-20H2. The summed E-state index contributed by atoms with van der Waals surface area (Å²) in [4.78, 5) is 2.82. The maximum atomic E-state index is 15.3. The Hall–Kier alpha value is -2.24. The summed E-state index contributed by atoms with van der Waals surface area (Å²) in [5.41, 5.74) is -8.68.